The van der Waals surface area contributed by atoms with Crippen molar-refractivity contribution in [2.75, 3.05) is 13.1 Å². The minimum atomic E-state index is -0.296. The molecule has 0 spiro atoms. The molecule has 1 heterocycles. The molecule has 1 fully saturated rings. The first kappa shape index (κ1) is 15.9. The predicted octanol–water partition coefficient (Wildman–Crippen LogP) is 0.736. The average Bonchev–Trinajstić information content (AvgIpc) is 3.09. The molecular weight excluding hydrogens is 286 g/mol. The Morgan fingerprint density at radius 2 is 2.21 bits per heavy atom. The van der Waals surface area contributed by atoms with E-state index in [9.17, 15) is 9.59 Å². The molecule has 0 unspecified atom stereocenters. The van der Waals surface area contributed by atoms with E-state index in [1.54, 1.807) is 11.3 Å². The first-order valence-corrected chi connectivity index (χ1v) is 6.87. The van der Waals surface area contributed by atoms with Crippen molar-refractivity contribution in [1.29, 1.82) is 0 Å². The average molecular weight is 304 g/mol. The van der Waals surface area contributed by atoms with E-state index in [1.807, 2.05) is 22.4 Å². The maximum absolute atomic E-state index is 12.0. The smallest absolute Gasteiger partial charge is 0.242 e. The van der Waals surface area contributed by atoms with Gasteiger partial charge in [0.25, 0.3) is 0 Å². The van der Waals surface area contributed by atoms with Crippen LogP contribution >= 0.6 is 23.7 Å². The summed E-state index contributed by atoms with van der Waals surface area (Å²) in [7, 11) is 0. The summed E-state index contributed by atoms with van der Waals surface area (Å²) in [5.41, 5.74) is 5.18. The third kappa shape index (κ3) is 4.81. The van der Waals surface area contributed by atoms with Gasteiger partial charge in [0.2, 0.25) is 11.8 Å². The number of thiophene rings is 1. The minimum Gasteiger partial charge on any atom is -0.346 e. The van der Waals surface area contributed by atoms with Gasteiger partial charge in [-0.3, -0.25) is 9.59 Å². The molecule has 1 aromatic rings. The van der Waals surface area contributed by atoms with Gasteiger partial charge in [0.15, 0.2) is 0 Å². The van der Waals surface area contributed by atoms with E-state index in [1.165, 1.54) is 4.88 Å². The molecule has 2 amide bonds. The highest BCUT2D eigenvalue weighted by Crippen LogP contribution is 2.29. The molecule has 106 valence electrons. The number of nitrogens with zero attached hydrogens (tertiary/aromatic N) is 1. The van der Waals surface area contributed by atoms with Crippen LogP contribution in [0, 0.1) is 0 Å². The molecular formula is C12H18ClN3O2S. The zero-order valence-electron chi connectivity index (χ0n) is 10.5. The second-order valence-corrected chi connectivity index (χ2v) is 5.35. The molecule has 0 saturated heterocycles. The summed E-state index contributed by atoms with van der Waals surface area (Å²) < 4.78 is 0. The van der Waals surface area contributed by atoms with Crippen molar-refractivity contribution in [3.63, 3.8) is 0 Å². The fourth-order valence-electron chi connectivity index (χ4n) is 1.73. The lowest BCUT2D eigenvalue weighted by Crippen LogP contribution is -2.42. The molecule has 0 atom stereocenters. The second kappa shape index (κ2) is 7.47. The van der Waals surface area contributed by atoms with Crippen LogP contribution in [0.25, 0.3) is 0 Å². The molecule has 1 aromatic heterocycles. The Kier molecular flexibility index (Phi) is 6.27. The molecule has 19 heavy (non-hydrogen) atoms. The molecule has 0 radical (unpaired) electrons. The van der Waals surface area contributed by atoms with Crippen molar-refractivity contribution >= 4 is 35.6 Å². The van der Waals surface area contributed by atoms with E-state index in [0.29, 0.717) is 12.6 Å². The Balaban J connectivity index is 0.00000180. The third-order valence-corrected chi connectivity index (χ3v) is 3.70. The van der Waals surface area contributed by atoms with Crippen LogP contribution in [0.2, 0.25) is 0 Å². The SMILES string of the molecule is Cl.NCC(=O)NCC(=O)N(Cc1cccs1)C1CC1. The molecule has 3 N–H and O–H groups in total. The number of carbonyl (C=O) groups excluding carboxylic acids is 2. The highest BCUT2D eigenvalue weighted by Gasteiger charge is 2.32. The van der Waals surface area contributed by atoms with Crippen molar-refractivity contribution in [2.45, 2.75) is 25.4 Å². The molecule has 7 heteroatoms. The van der Waals surface area contributed by atoms with Crippen molar-refractivity contribution in [3.05, 3.63) is 22.4 Å². The van der Waals surface area contributed by atoms with E-state index >= 15 is 0 Å². The van der Waals surface area contributed by atoms with Crippen molar-refractivity contribution < 1.29 is 9.59 Å². The lowest BCUT2D eigenvalue weighted by Gasteiger charge is -2.21. The lowest BCUT2D eigenvalue weighted by atomic mass is 10.3. The zero-order chi connectivity index (χ0) is 13.0. The van der Waals surface area contributed by atoms with Gasteiger partial charge in [-0.2, -0.15) is 0 Å². The summed E-state index contributed by atoms with van der Waals surface area (Å²) in [5.74, 6) is -0.331. The standard InChI is InChI=1S/C12H17N3O2S.ClH/c13-6-11(16)14-7-12(17)15(9-3-4-9)8-10-2-1-5-18-10;/h1-2,5,9H,3-4,6-8,13H2,(H,14,16);1H. The largest absolute Gasteiger partial charge is 0.346 e. The Hall–Kier alpha value is -1.11. The zero-order valence-corrected chi connectivity index (χ0v) is 12.1. The summed E-state index contributed by atoms with van der Waals surface area (Å²) in [6.45, 7) is 0.596. The minimum absolute atomic E-state index is 0. The fourth-order valence-corrected chi connectivity index (χ4v) is 2.43. The Labute approximate surface area is 122 Å². The van der Waals surface area contributed by atoms with Gasteiger partial charge in [-0.05, 0) is 24.3 Å². The van der Waals surface area contributed by atoms with E-state index in [0.717, 1.165) is 12.8 Å². The molecule has 0 aromatic carbocycles. The van der Waals surface area contributed by atoms with Crippen molar-refractivity contribution in [3.8, 4) is 0 Å². The van der Waals surface area contributed by atoms with Crippen molar-refractivity contribution in [1.82, 2.24) is 10.2 Å². The first-order valence-electron chi connectivity index (χ1n) is 5.99. The summed E-state index contributed by atoms with van der Waals surface area (Å²) in [6, 6.07) is 4.34. The molecule has 0 aliphatic heterocycles. The Morgan fingerprint density at radius 3 is 2.74 bits per heavy atom. The number of hydrogen-bond donors (Lipinski definition) is 2. The summed E-state index contributed by atoms with van der Waals surface area (Å²) in [6.07, 6.45) is 2.11. The number of rotatable bonds is 6. The van der Waals surface area contributed by atoms with Gasteiger partial charge in [-0.1, -0.05) is 6.07 Å². The maximum atomic E-state index is 12.0. The van der Waals surface area contributed by atoms with Crippen LogP contribution in [0.5, 0.6) is 0 Å². The second-order valence-electron chi connectivity index (χ2n) is 4.31. The van der Waals surface area contributed by atoms with Crippen LogP contribution in [0.3, 0.4) is 0 Å². The number of nitrogens with one attached hydrogen (secondary N) is 1. The molecule has 5 nitrogen and oxygen atoms in total. The van der Waals surface area contributed by atoms with Gasteiger partial charge < -0.3 is 16.0 Å². The van der Waals surface area contributed by atoms with Crippen LogP contribution < -0.4 is 11.1 Å². The fraction of sp³-hybridized carbons (Fsp3) is 0.500. The molecule has 1 aliphatic rings. The topological polar surface area (TPSA) is 75.4 Å². The first-order chi connectivity index (χ1) is 8.70. The Bertz CT molecular complexity index is 421. The monoisotopic (exact) mass is 303 g/mol. The van der Waals surface area contributed by atoms with Gasteiger partial charge in [-0.25, -0.2) is 0 Å². The number of amides is 2. The molecule has 2 rings (SSSR count). The lowest BCUT2D eigenvalue weighted by molar-refractivity contribution is -0.133. The quantitative estimate of drug-likeness (QED) is 0.814. The van der Waals surface area contributed by atoms with Crippen LogP contribution in [0.4, 0.5) is 0 Å². The normalized spacial score (nSPS) is 13.5. The number of nitrogens with two attached hydrogens (primary N) is 1. The van der Waals surface area contributed by atoms with Gasteiger partial charge in [0, 0.05) is 10.9 Å². The molecule has 1 aliphatic carbocycles. The molecule has 0 bridgehead atoms. The summed E-state index contributed by atoms with van der Waals surface area (Å²) in [4.78, 5) is 26.1. The highest BCUT2D eigenvalue weighted by atomic mass is 35.5. The van der Waals surface area contributed by atoms with Crippen LogP contribution in [-0.2, 0) is 16.1 Å². The van der Waals surface area contributed by atoms with E-state index in [2.05, 4.69) is 5.32 Å². The van der Waals surface area contributed by atoms with Crippen LogP contribution in [0.1, 0.15) is 17.7 Å². The van der Waals surface area contributed by atoms with Crippen LogP contribution in [-0.4, -0.2) is 35.8 Å². The van der Waals surface area contributed by atoms with Gasteiger partial charge in [0.05, 0.1) is 19.6 Å². The van der Waals surface area contributed by atoms with Crippen molar-refractivity contribution in [2.24, 2.45) is 5.73 Å². The number of carbonyl (C=O) groups is 2. The van der Waals surface area contributed by atoms with E-state index in [-0.39, 0.29) is 37.3 Å². The Morgan fingerprint density at radius 1 is 1.47 bits per heavy atom. The summed E-state index contributed by atoms with van der Waals surface area (Å²) >= 11 is 1.64. The maximum Gasteiger partial charge on any atom is 0.242 e. The van der Waals surface area contributed by atoms with E-state index in [4.69, 9.17) is 5.73 Å². The van der Waals surface area contributed by atoms with Gasteiger partial charge >= 0.3 is 0 Å². The highest BCUT2D eigenvalue weighted by molar-refractivity contribution is 7.09. The number of hydrogen-bond acceptors (Lipinski definition) is 4. The van der Waals surface area contributed by atoms with Crippen LogP contribution in [0.15, 0.2) is 17.5 Å². The number of halogens is 1. The summed E-state index contributed by atoms with van der Waals surface area (Å²) in [5, 5.41) is 4.52. The predicted molar refractivity (Wildman–Crippen MR) is 77.2 cm³/mol. The van der Waals surface area contributed by atoms with Gasteiger partial charge in [-0.15, -0.1) is 23.7 Å². The third-order valence-electron chi connectivity index (χ3n) is 2.84. The van der Waals surface area contributed by atoms with Gasteiger partial charge in [0.1, 0.15) is 0 Å². The molecule has 1 saturated carbocycles. The van der Waals surface area contributed by atoms with E-state index < -0.39 is 0 Å².